The van der Waals surface area contributed by atoms with Gasteiger partial charge in [0.1, 0.15) is 17.6 Å². The van der Waals surface area contributed by atoms with E-state index in [1.807, 2.05) is 0 Å². The maximum absolute atomic E-state index is 12.2. The number of methoxy groups -OCH3 is 1. The Morgan fingerprint density at radius 1 is 1.35 bits per heavy atom. The molecule has 0 spiro atoms. The number of nitrogens with zero attached hydrogens (tertiary/aromatic N) is 3. The van der Waals surface area contributed by atoms with Crippen LogP contribution in [0.2, 0.25) is 10.2 Å². The van der Waals surface area contributed by atoms with Crippen LogP contribution in [-0.2, 0) is 29.9 Å². The van der Waals surface area contributed by atoms with Crippen LogP contribution in [0.25, 0.3) is 11.3 Å². The van der Waals surface area contributed by atoms with Gasteiger partial charge in [-0.3, -0.25) is 14.0 Å². The van der Waals surface area contributed by atoms with E-state index in [1.165, 1.54) is 28.5 Å². The second kappa shape index (κ2) is 7.39. The zero-order valence-corrected chi connectivity index (χ0v) is 13.7. The van der Waals surface area contributed by atoms with Crippen molar-refractivity contribution in [1.29, 1.82) is 0 Å². The molecule has 0 saturated carbocycles. The van der Waals surface area contributed by atoms with E-state index in [2.05, 4.69) is 9.84 Å². The average Bonchev–Trinajstić information content (AvgIpc) is 2.76. The Labute approximate surface area is 140 Å². The fourth-order valence-electron chi connectivity index (χ4n) is 1.99. The minimum Gasteiger partial charge on any atom is -0.364 e. The summed E-state index contributed by atoms with van der Waals surface area (Å²) in [6, 6.07) is 2.75. The lowest BCUT2D eigenvalue weighted by Gasteiger charge is -2.10. The molecule has 0 N–H and O–H groups in total. The number of alkyl halides is 2. The van der Waals surface area contributed by atoms with Crippen molar-refractivity contribution < 1.29 is 18.3 Å². The first kappa shape index (κ1) is 17.9. The van der Waals surface area contributed by atoms with Crippen LogP contribution in [0.4, 0.5) is 8.78 Å². The van der Waals surface area contributed by atoms with E-state index >= 15 is 0 Å². The van der Waals surface area contributed by atoms with Gasteiger partial charge in [-0.25, -0.2) is 0 Å². The highest BCUT2D eigenvalue weighted by atomic mass is 35.5. The zero-order chi connectivity index (χ0) is 17.1. The summed E-state index contributed by atoms with van der Waals surface area (Å²) in [7, 11) is 2.96. The third kappa shape index (κ3) is 3.72. The van der Waals surface area contributed by atoms with Gasteiger partial charge >= 0.3 is 6.61 Å². The highest BCUT2D eigenvalue weighted by molar-refractivity contribution is 6.36. The Kier molecular flexibility index (Phi) is 5.74. The zero-order valence-electron chi connectivity index (χ0n) is 12.2. The number of aryl methyl sites for hydroxylation is 1. The number of rotatable bonds is 6. The molecule has 2 heterocycles. The van der Waals surface area contributed by atoms with Crippen LogP contribution in [0.1, 0.15) is 5.69 Å². The monoisotopic (exact) mass is 367 g/mol. The van der Waals surface area contributed by atoms with E-state index in [4.69, 9.17) is 27.9 Å². The summed E-state index contributed by atoms with van der Waals surface area (Å²) in [4.78, 5) is 11.8. The van der Waals surface area contributed by atoms with Gasteiger partial charge in [-0.15, -0.1) is 0 Å². The Bertz CT molecular complexity index is 762. The normalized spacial score (nSPS) is 11.4. The molecule has 0 saturated heterocycles. The van der Waals surface area contributed by atoms with E-state index in [1.54, 1.807) is 7.05 Å². The van der Waals surface area contributed by atoms with Gasteiger partial charge in [-0.05, 0) is 6.07 Å². The SMILES string of the molecule is COCn1c(Cl)c(-c2nn(C)c(COC(F)F)c2Cl)ccc1=O. The Morgan fingerprint density at radius 2 is 2.04 bits per heavy atom. The molecular weight excluding hydrogens is 355 g/mol. The van der Waals surface area contributed by atoms with E-state index in [0.29, 0.717) is 5.56 Å². The van der Waals surface area contributed by atoms with Gasteiger partial charge in [0, 0.05) is 25.8 Å². The molecule has 0 radical (unpaired) electrons. The van der Waals surface area contributed by atoms with Gasteiger partial charge < -0.3 is 9.47 Å². The summed E-state index contributed by atoms with van der Waals surface area (Å²) in [6.07, 6.45) is 0. The van der Waals surface area contributed by atoms with Gasteiger partial charge in [-0.2, -0.15) is 13.9 Å². The fraction of sp³-hybridized carbons (Fsp3) is 0.385. The first-order valence-electron chi connectivity index (χ1n) is 6.36. The number of halogens is 4. The number of pyridine rings is 1. The van der Waals surface area contributed by atoms with Crippen molar-refractivity contribution in [2.24, 2.45) is 7.05 Å². The van der Waals surface area contributed by atoms with E-state index < -0.39 is 13.2 Å². The summed E-state index contributed by atoms with van der Waals surface area (Å²) in [5, 5.41) is 4.38. The summed E-state index contributed by atoms with van der Waals surface area (Å²) < 4.78 is 36.1. The molecule has 0 aliphatic carbocycles. The fourth-order valence-corrected chi connectivity index (χ4v) is 2.59. The lowest BCUT2D eigenvalue weighted by Crippen LogP contribution is -2.21. The third-order valence-corrected chi connectivity index (χ3v) is 3.88. The first-order chi connectivity index (χ1) is 10.9. The second-order valence-electron chi connectivity index (χ2n) is 4.53. The molecule has 0 amide bonds. The highest BCUT2D eigenvalue weighted by Gasteiger charge is 2.21. The van der Waals surface area contributed by atoms with Gasteiger partial charge in [-0.1, -0.05) is 23.2 Å². The predicted molar refractivity (Wildman–Crippen MR) is 80.7 cm³/mol. The summed E-state index contributed by atoms with van der Waals surface area (Å²) in [5.74, 6) is 0. The van der Waals surface area contributed by atoms with Gasteiger partial charge in [0.2, 0.25) is 0 Å². The van der Waals surface area contributed by atoms with Gasteiger partial charge in [0.25, 0.3) is 5.56 Å². The summed E-state index contributed by atoms with van der Waals surface area (Å²) >= 11 is 12.4. The molecule has 0 atom stereocenters. The molecule has 0 bridgehead atoms. The van der Waals surface area contributed by atoms with Crippen molar-refractivity contribution in [2.45, 2.75) is 19.9 Å². The van der Waals surface area contributed by atoms with E-state index in [0.717, 1.165) is 0 Å². The van der Waals surface area contributed by atoms with Crippen LogP contribution in [0.15, 0.2) is 16.9 Å². The number of hydrogen-bond acceptors (Lipinski definition) is 4. The summed E-state index contributed by atoms with van der Waals surface area (Å²) in [6.45, 7) is -3.37. The van der Waals surface area contributed by atoms with Crippen molar-refractivity contribution in [3.05, 3.63) is 38.4 Å². The molecule has 0 aliphatic rings. The van der Waals surface area contributed by atoms with Crippen molar-refractivity contribution in [2.75, 3.05) is 7.11 Å². The maximum atomic E-state index is 12.2. The quantitative estimate of drug-likeness (QED) is 0.736. The second-order valence-corrected chi connectivity index (χ2v) is 5.26. The standard InChI is InChI=1S/C13H13Cl2F2N3O3/c1-19-8(5-23-13(16)17)10(14)11(18-19)7-3-4-9(21)20(6-22-2)12(7)15/h3-4,13H,5-6H2,1-2H3. The van der Waals surface area contributed by atoms with Crippen molar-refractivity contribution in [3.63, 3.8) is 0 Å². The molecule has 2 aromatic rings. The highest BCUT2D eigenvalue weighted by Crippen LogP contribution is 2.34. The topological polar surface area (TPSA) is 58.3 Å². The van der Waals surface area contributed by atoms with Crippen LogP contribution in [0.5, 0.6) is 0 Å². The van der Waals surface area contributed by atoms with Gasteiger partial charge in [0.15, 0.2) is 0 Å². The van der Waals surface area contributed by atoms with Crippen LogP contribution < -0.4 is 5.56 Å². The number of ether oxygens (including phenoxy) is 2. The average molecular weight is 368 g/mol. The third-order valence-electron chi connectivity index (χ3n) is 3.08. The molecule has 2 rings (SSSR count). The van der Waals surface area contributed by atoms with Crippen LogP contribution >= 0.6 is 23.2 Å². The van der Waals surface area contributed by atoms with E-state index in [9.17, 15) is 13.6 Å². The van der Waals surface area contributed by atoms with Crippen LogP contribution in [-0.4, -0.2) is 28.1 Å². The van der Waals surface area contributed by atoms with Crippen molar-refractivity contribution in [3.8, 4) is 11.3 Å². The maximum Gasteiger partial charge on any atom is 0.345 e. The molecule has 10 heteroatoms. The molecule has 126 valence electrons. The van der Waals surface area contributed by atoms with Crippen molar-refractivity contribution >= 4 is 23.2 Å². The minimum atomic E-state index is -2.92. The van der Waals surface area contributed by atoms with Crippen LogP contribution in [0.3, 0.4) is 0 Å². The Hall–Kier alpha value is -1.48. The minimum absolute atomic E-state index is 0.0443. The molecule has 0 aliphatic heterocycles. The van der Waals surface area contributed by atoms with Crippen LogP contribution in [0, 0.1) is 0 Å². The van der Waals surface area contributed by atoms with Gasteiger partial charge in [0.05, 0.1) is 17.3 Å². The number of aromatic nitrogens is 3. The predicted octanol–water partition coefficient (Wildman–Crippen LogP) is 2.90. The number of hydrogen-bond donors (Lipinski definition) is 0. The first-order valence-corrected chi connectivity index (χ1v) is 7.12. The lowest BCUT2D eigenvalue weighted by molar-refractivity contribution is -0.138. The summed E-state index contributed by atoms with van der Waals surface area (Å²) in [5.41, 5.74) is 0.556. The van der Waals surface area contributed by atoms with Crippen molar-refractivity contribution in [1.82, 2.24) is 14.3 Å². The molecule has 23 heavy (non-hydrogen) atoms. The largest absolute Gasteiger partial charge is 0.364 e. The van der Waals surface area contributed by atoms with E-state index in [-0.39, 0.29) is 33.9 Å². The molecule has 2 aromatic heterocycles. The molecule has 0 unspecified atom stereocenters. The molecular formula is C13H13Cl2F2N3O3. The Balaban J connectivity index is 2.49. The Morgan fingerprint density at radius 3 is 2.65 bits per heavy atom. The lowest BCUT2D eigenvalue weighted by atomic mass is 10.2. The molecule has 0 fully saturated rings. The smallest absolute Gasteiger partial charge is 0.345 e. The molecule has 0 aromatic carbocycles. The molecule has 6 nitrogen and oxygen atoms in total.